The van der Waals surface area contributed by atoms with Crippen LogP contribution in [0.5, 0.6) is 0 Å². The fourth-order valence-electron chi connectivity index (χ4n) is 2.08. The second-order valence-corrected chi connectivity index (χ2v) is 5.91. The molecule has 2 aliphatic rings. The molecular formula is C13H11Cl2F3N2O3. The minimum atomic E-state index is -4.40. The largest absolute Gasteiger partial charge is 0.455 e. The Morgan fingerprint density at radius 2 is 1.87 bits per heavy atom. The molecule has 0 amide bonds. The van der Waals surface area contributed by atoms with Gasteiger partial charge in [0.2, 0.25) is 0 Å². The van der Waals surface area contributed by atoms with Gasteiger partial charge in [-0.1, -0.05) is 29.3 Å². The van der Waals surface area contributed by atoms with Gasteiger partial charge in [-0.3, -0.25) is 10.1 Å². The summed E-state index contributed by atoms with van der Waals surface area (Å²) in [5, 5.41) is 10.7. The van der Waals surface area contributed by atoms with Crippen molar-refractivity contribution in [2.75, 3.05) is 0 Å². The number of nitrogens with two attached hydrogens (primary N) is 1. The van der Waals surface area contributed by atoms with Crippen LogP contribution in [0.25, 0.3) is 0 Å². The van der Waals surface area contributed by atoms with Crippen LogP contribution in [0.3, 0.4) is 0 Å². The van der Waals surface area contributed by atoms with E-state index in [1.54, 1.807) is 0 Å². The predicted octanol–water partition coefficient (Wildman–Crippen LogP) is 3.93. The quantitative estimate of drug-likeness (QED) is 0.602. The van der Waals surface area contributed by atoms with Crippen molar-refractivity contribution in [3.8, 4) is 0 Å². The zero-order chi connectivity index (χ0) is 17.4. The molecule has 0 spiro atoms. The summed E-state index contributed by atoms with van der Waals surface area (Å²) in [6, 6.07) is -1.16. The van der Waals surface area contributed by atoms with Gasteiger partial charge in [0.05, 0.1) is 28.1 Å². The van der Waals surface area contributed by atoms with E-state index in [0.717, 1.165) is 12.2 Å². The number of halogens is 5. The van der Waals surface area contributed by atoms with Gasteiger partial charge in [-0.05, 0) is 6.08 Å². The molecule has 0 bridgehead atoms. The summed E-state index contributed by atoms with van der Waals surface area (Å²) in [7, 11) is 0. The minimum absolute atomic E-state index is 0.00363. The number of allylic oxidation sites excluding steroid dienone is 4. The van der Waals surface area contributed by atoms with E-state index in [9.17, 15) is 23.3 Å². The Morgan fingerprint density at radius 3 is 2.39 bits per heavy atom. The Hall–Kier alpha value is -1.67. The van der Waals surface area contributed by atoms with Crippen LogP contribution in [0.2, 0.25) is 0 Å². The smallest absolute Gasteiger partial charge is 0.395 e. The first-order valence-electron chi connectivity index (χ1n) is 6.40. The highest BCUT2D eigenvalue weighted by Crippen LogP contribution is 2.39. The highest BCUT2D eigenvalue weighted by atomic mass is 35.5. The molecule has 2 atom stereocenters. The molecule has 23 heavy (non-hydrogen) atoms. The first kappa shape index (κ1) is 17.7. The minimum Gasteiger partial charge on any atom is -0.455 e. The van der Waals surface area contributed by atoms with Crippen molar-refractivity contribution in [2.45, 2.75) is 25.1 Å². The molecule has 2 aliphatic carbocycles. The first-order valence-corrected chi connectivity index (χ1v) is 7.15. The summed E-state index contributed by atoms with van der Waals surface area (Å²) in [6.07, 6.45) is -1.78. The Labute approximate surface area is 139 Å². The molecular weight excluding hydrogens is 360 g/mol. The van der Waals surface area contributed by atoms with Crippen LogP contribution in [0.15, 0.2) is 45.5 Å². The molecule has 0 aliphatic heterocycles. The Kier molecular flexibility index (Phi) is 4.95. The number of nitrogens with zero attached hydrogens (tertiary/aromatic N) is 1. The number of alkyl halides is 3. The lowest BCUT2D eigenvalue weighted by Gasteiger charge is -2.23. The van der Waals surface area contributed by atoms with Crippen molar-refractivity contribution in [2.24, 2.45) is 11.7 Å². The van der Waals surface area contributed by atoms with Crippen molar-refractivity contribution in [3.05, 3.63) is 55.6 Å². The summed E-state index contributed by atoms with van der Waals surface area (Å²) in [4.78, 5) is 10.2. The second kappa shape index (κ2) is 6.45. The molecule has 126 valence electrons. The first-order chi connectivity index (χ1) is 10.6. The Bertz CT molecular complexity index is 653. The van der Waals surface area contributed by atoms with Gasteiger partial charge in [0, 0.05) is 17.4 Å². The highest BCUT2D eigenvalue weighted by Gasteiger charge is 2.40. The van der Waals surface area contributed by atoms with Crippen molar-refractivity contribution in [3.63, 3.8) is 0 Å². The van der Waals surface area contributed by atoms with Crippen LogP contribution < -0.4 is 5.73 Å². The number of hydrogen-bond acceptors (Lipinski definition) is 4. The van der Waals surface area contributed by atoms with Gasteiger partial charge in [-0.15, -0.1) is 0 Å². The van der Waals surface area contributed by atoms with Gasteiger partial charge in [-0.25, -0.2) is 0 Å². The summed E-state index contributed by atoms with van der Waals surface area (Å²) >= 11 is 11.8. The van der Waals surface area contributed by atoms with Gasteiger partial charge in [-0.2, -0.15) is 13.2 Å². The highest BCUT2D eigenvalue weighted by molar-refractivity contribution is 6.30. The maximum Gasteiger partial charge on any atom is 0.395 e. The van der Waals surface area contributed by atoms with Crippen LogP contribution >= 0.6 is 23.2 Å². The molecule has 0 aromatic rings. The SMILES string of the molecule is NC1=CC(OC2=C(Cl)CC(C(F)(F)F)C=C2)=C(Cl)CC1[N+](=O)[O-]. The van der Waals surface area contributed by atoms with Gasteiger partial charge in [0.25, 0.3) is 6.04 Å². The lowest BCUT2D eigenvalue weighted by molar-refractivity contribution is -0.511. The van der Waals surface area contributed by atoms with Gasteiger partial charge in [0.1, 0.15) is 11.5 Å². The monoisotopic (exact) mass is 370 g/mol. The molecule has 0 fully saturated rings. The van der Waals surface area contributed by atoms with E-state index in [-0.39, 0.29) is 33.7 Å². The van der Waals surface area contributed by atoms with E-state index in [1.807, 2.05) is 0 Å². The summed E-state index contributed by atoms with van der Waals surface area (Å²) in [6.45, 7) is 0. The third-order valence-corrected chi connectivity index (χ3v) is 4.04. The number of hydrogen-bond donors (Lipinski definition) is 1. The van der Waals surface area contributed by atoms with E-state index in [2.05, 4.69) is 0 Å². The van der Waals surface area contributed by atoms with Gasteiger partial charge >= 0.3 is 6.18 Å². The average molecular weight is 371 g/mol. The molecule has 0 aromatic heterocycles. The van der Waals surface area contributed by atoms with E-state index in [4.69, 9.17) is 33.7 Å². The van der Waals surface area contributed by atoms with Gasteiger partial charge < -0.3 is 10.5 Å². The van der Waals surface area contributed by atoms with Gasteiger partial charge in [0.15, 0.2) is 0 Å². The van der Waals surface area contributed by atoms with Crippen LogP contribution in [-0.2, 0) is 4.74 Å². The van der Waals surface area contributed by atoms with Crippen LogP contribution in [0.4, 0.5) is 13.2 Å². The van der Waals surface area contributed by atoms with E-state index in [0.29, 0.717) is 0 Å². The molecule has 0 heterocycles. The fourth-order valence-corrected chi connectivity index (χ4v) is 2.59. The molecule has 2 rings (SSSR count). The molecule has 0 aromatic carbocycles. The molecule has 2 unspecified atom stereocenters. The lowest BCUT2D eigenvalue weighted by Crippen LogP contribution is -2.29. The maximum absolute atomic E-state index is 12.6. The Balaban J connectivity index is 2.16. The van der Waals surface area contributed by atoms with Crippen molar-refractivity contribution < 1.29 is 22.8 Å². The third-order valence-electron chi connectivity index (χ3n) is 3.36. The zero-order valence-electron chi connectivity index (χ0n) is 11.4. The van der Waals surface area contributed by atoms with Crippen LogP contribution in [-0.4, -0.2) is 17.1 Å². The zero-order valence-corrected chi connectivity index (χ0v) is 13.0. The maximum atomic E-state index is 12.6. The Morgan fingerprint density at radius 1 is 1.26 bits per heavy atom. The van der Waals surface area contributed by atoms with Crippen molar-refractivity contribution in [1.82, 2.24) is 0 Å². The standard InChI is InChI=1S/C13H11Cl2F3N2O3/c14-7-3-6(13(16,17)18)1-2-11(7)23-12-5-9(19)10(20(21)22)4-8(12)15/h1-2,5-6,10H,3-4,19H2. The van der Waals surface area contributed by atoms with E-state index in [1.165, 1.54) is 6.08 Å². The molecule has 2 N–H and O–H groups in total. The topological polar surface area (TPSA) is 78.4 Å². The van der Waals surface area contributed by atoms with E-state index < -0.39 is 29.5 Å². The normalized spacial score (nSPS) is 25.5. The number of ether oxygens (including phenoxy) is 1. The van der Waals surface area contributed by atoms with Crippen molar-refractivity contribution >= 4 is 23.2 Å². The average Bonchev–Trinajstić information content (AvgIpc) is 2.43. The summed E-state index contributed by atoms with van der Waals surface area (Å²) in [5.41, 5.74) is 5.53. The second-order valence-electron chi connectivity index (χ2n) is 5.00. The lowest BCUT2D eigenvalue weighted by atomic mass is 9.99. The predicted molar refractivity (Wildman–Crippen MR) is 77.8 cm³/mol. The van der Waals surface area contributed by atoms with Crippen LogP contribution in [0.1, 0.15) is 12.8 Å². The molecule has 0 saturated heterocycles. The summed E-state index contributed by atoms with van der Waals surface area (Å²) in [5.74, 6) is -1.65. The molecule has 5 nitrogen and oxygen atoms in total. The van der Waals surface area contributed by atoms with E-state index >= 15 is 0 Å². The molecule has 0 saturated carbocycles. The molecule has 0 radical (unpaired) electrons. The summed E-state index contributed by atoms with van der Waals surface area (Å²) < 4.78 is 43.3. The number of rotatable bonds is 3. The van der Waals surface area contributed by atoms with Crippen LogP contribution in [0, 0.1) is 16.0 Å². The number of nitro groups is 1. The third kappa shape index (κ3) is 4.00. The van der Waals surface area contributed by atoms with Crippen molar-refractivity contribution in [1.29, 1.82) is 0 Å². The molecule has 10 heteroatoms. The fraction of sp³-hybridized carbons (Fsp3) is 0.385.